The van der Waals surface area contributed by atoms with Gasteiger partial charge in [0, 0.05) is 19.6 Å². The molecule has 8 heteroatoms. The summed E-state index contributed by atoms with van der Waals surface area (Å²) in [4.78, 5) is 13.7. The average molecular weight is 511 g/mol. The summed E-state index contributed by atoms with van der Waals surface area (Å²) in [7, 11) is -3.90. The molecule has 7 nitrogen and oxygen atoms in total. The summed E-state index contributed by atoms with van der Waals surface area (Å²) in [6.07, 6.45) is -2.20. The third-order valence-electron chi connectivity index (χ3n) is 5.91. The van der Waals surface area contributed by atoms with Crippen LogP contribution in [0.15, 0.2) is 95.9 Å². The van der Waals surface area contributed by atoms with Crippen molar-refractivity contribution in [2.24, 2.45) is 5.92 Å². The van der Waals surface area contributed by atoms with Crippen molar-refractivity contribution >= 4 is 16.1 Å². The third-order valence-corrected chi connectivity index (χ3v) is 7.76. The van der Waals surface area contributed by atoms with Crippen LogP contribution in [-0.2, 0) is 23.0 Å². The number of nitrogens with zero attached hydrogens (tertiary/aromatic N) is 2. The summed E-state index contributed by atoms with van der Waals surface area (Å²) in [5.74, 6) is 0.00292. The molecule has 0 saturated heterocycles. The Morgan fingerprint density at radius 2 is 1.31 bits per heavy atom. The third kappa shape index (κ3) is 7.40. The molecule has 0 radical (unpaired) electrons. The predicted molar refractivity (Wildman–Crippen MR) is 140 cm³/mol. The monoisotopic (exact) mass is 510 g/mol. The highest BCUT2D eigenvalue weighted by atomic mass is 32.2. The molecule has 0 aliphatic rings. The van der Waals surface area contributed by atoms with Gasteiger partial charge in [0.2, 0.25) is 10.0 Å². The lowest BCUT2D eigenvalue weighted by Gasteiger charge is -2.36. The molecular weight excluding hydrogens is 476 g/mol. The van der Waals surface area contributed by atoms with Crippen molar-refractivity contribution < 1.29 is 23.4 Å². The zero-order valence-electron chi connectivity index (χ0n) is 20.6. The number of carboxylic acid groups (broad SMARTS) is 1. The van der Waals surface area contributed by atoms with Gasteiger partial charge in [-0.2, -0.15) is 4.31 Å². The summed E-state index contributed by atoms with van der Waals surface area (Å²) in [5.41, 5.74) is 1.63. The van der Waals surface area contributed by atoms with Crippen LogP contribution < -0.4 is 0 Å². The molecular formula is C28H34N2O5S. The Balaban J connectivity index is 1.95. The maximum atomic E-state index is 13.5. The van der Waals surface area contributed by atoms with Crippen molar-refractivity contribution in [3.8, 4) is 0 Å². The smallest absolute Gasteiger partial charge is 0.407 e. The number of benzene rings is 3. The Labute approximate surface area is 213 Å². The van der Waals surface area contributed by atoms with Crippen LogP contribution in [0.1, 0.15) is 25.0 Å². The summed E-state index contributed by atoms with van der Waals surface area (Å²) >= 11 is 0. The first-order chi connectivity index (χ1) is 17.2. The highest BCUT2D eigenvalue weighted by molar-refractivity contribution is 7.89. The number of hydrogen-bond acceptors (Lipinski definition) is 4. The van der Waals surface area contributed by atoms with Gasteiger partial charge in [0.15, 0.2) is 0 Å². The van der Waals surface area contributed by atoms with Crippen molar-refractivity contribution in [2.75, 3.05) is 13.1 Å². The summed E-state index contributed by atoms with van der Waals surface area (Å²) < 4.78 is 28.2. The van der Waals surface area contributed by atoms with Crippen molar-refractivity contribution in [2.45, 2.75) is 43.9 Å². The van der Waals surface area contributed by atoms with Gasteiger partial charge in [-0.25, -0.2) is 13.2 Å². The molecule has 0 aliphatic heterocycles. The number of hydrogen-bond donors (Lipinski definition) is 2. The number of aliphatic hydroxyl groups excluding tert-OH is 1. The van der Waals surface area contributed by atoms with E-state index < -0.39 is 28.3 Å². The lowest BCUT2D eigenvalue weighted by atomic mass is 9.98. The minimum absolute atomic E-state index is 0.00292. The molecule has 2 atom stereocenters. The van der Waals surface area contributed by atoms with Crippen LogP contribution >= 0.6 is 0 Å². The molecule has 0 aliphatic carbocycles. The molecule has 0 heterocycles. The Kier molecular flexibility index (Phi) is 9.64. The molecule has 0 unspecified atom stereocenters. The van der Waals surface area contributed by atoms with Gasteiger partial charge in [-0.15, -0.1) is 0 Å². The lowest BCUT2D eigenvalue weighted by molar-refractivity contribution is 0.0337. The van der Waals surface area contributed by atoms with E-state index in [0.717, 1.165) is 11.1 Å². The number of rotatable bonds is 12. The Hall–Kier alpha value is -3.20. The van der Waals surface area contributed by atoms with Crippen LogP contribution in [0, 0.1) is 5.92 Å². The largest absolute Gasteiger partial charge is 0.465 e. The number of amides is 1. The van der Waals surface area contributed by atoms with Crippen LogP contribution in [0.3, 0.4) is 0 Å². The highest BCUT2D eigenvalue weighted by Gasteiger charge is 2.35. The fraction of sp³-hybridized carbons (Fsp3) is 0.321. The van der Waals surface area contributed by atoms with Crippen LogP contribution in [0.25, 0.3) is 0 Å². The van der Waals surface area contributed by atoms with Gasteiger partial charge in [0.05, 0.1) is 17.0 Å². The van der Waals surface area contributed by atoms with Crippen LogP contribution in [0.4, 0.5) is 4.79 Å². The van der Waals surface area contributed by atoms with Crippen molar-refractivity contribution in [1.82, 2.24) is 9.21 Å². The van der Waals surface area contributed by atoms with Gasteiger partial charge < -0.3 is 10.2 Å². The first-order valence-corrected chi connectivity index (χ1v) is 13.4. The molecule has 192 valence electrons. The zero-order chi connectivity index (χ0) is 26.1. The molecule has 0 aromatic heterocycles. The van der Waals surface area contributed by atoms with Gasteiger partial charge in [0.1, 0.15) is 0 Å². The zero-order valence-corrected chi connectivity index (χ0v) is 21.5. The van der Waals surface area contributed by atoms with Crippen LogP contribution in [0.5, 0.6) is 0 Å². The average Bonchev–Trinajstić information content (AvgIpc) is 2.87. The number of carbonyl (C=O) groups is 1. The quantitative estimate of drug-likeness (QED) is 0.374. The molecule has 2 N–H and O–H groups in total. The van der Waals surface area contributed by atoms with Gasteiger partial charge in [0.25, 0.3) is 0 Å². The van der Waals surface area contributed by atoms with E-state index >= 15 is 0 Å². The molecule has 0 bridgehead atoms. The van der Waals surface area contributed by atoms with E-state index in [9.17, 15) is 23.4 Å². The minimum Gasteiger partial charge on any atom is -0.465 e. The van der Waals surface area contributed by atoms with Gasteiger partial charge in [-0.1, -0.05) is 92.7 Å². The van der Waals surface area contributed by atoms with Crippen molar-refractivity contribution in [3.05, 3.63) is 102 Å². The SMILES string of the molecule is CC(C)CN(C[C@@H](O)[C@H](Cc1ccccc1)N(Cc1ccccc1)C(=O)O)S(=O)(=O)c1ccccc1. The molecule has 36 heavy (non-hydrogen) atoms. The highest BCUT2D eigenvalue weighted by Crippen LogP contribution is 2.22. The molecule has 3 rings (SSSR count). The topological polar surface area (TPSA) is 98.2 Å². The standard InChI is InChI=1S/C28H34N2O5S/c1-22(2)19-29(36(34,35)25-16-10-5-11-17-25)21-27(31)26(18-23-12-6-3-7-13-23)30(28(32)33)20-24-14-8-4-9-15-24/h3-17,22,26-27,31H,18-21H2,1-2H3,(H,32,33)/t26-,27+/m0/s1. The Morgan fingerprint density at radius 1 is 0.806 bits per heavy atom. The maximum absolute atomic E-state index is 13.5. The second kappa shape index (κ2) is 12.7. The second-order valence-corrected chi connectivity index (χ2v) is 11.2. The lowest BCUT2D eigenvalue weighted by Crippen LogP contribution is -2.52. The molecule has 3 aromatic carbocycles. The number of aliphatic hydroxyl groups is 1. The van der Waals surface area contributed by atoms with E-state index in [-0.39, 0.29) is 36.9 Å². The normalized spacial score (nSPS) is 13.5. The number of sulfonamides is 1. The Bertz CT molecular complexity index is 1190. The van der Waals surface area contributed by atoms with Gasteiger partial charge >= 0.3 is 6.09 Å². The van der Waals surface area contributed by atoms with Crippen LogP contribution in [-0.4, -0.2) is 59.2 Å². The minimum atomic E-state index is -3.90. The molecule has 3 aromatic rings. The predicted octanol–water partition coefficient (Wildman–Crippen LogP) is 4.49. The van der Waals surface area contributed by atoms with Crippen molar-refractivity contribution in [3.63, 3.8) is 0 Å². The van der Waals surface area contributed by atoms with E-state index in [0.29, 0.717) is 0 Å². The van der Waals surface area contributed by atoms with E-state index in [2.05, 4.69) is 0 Å². The fourth-order valence-corrected chi connectivity index (χ4v) is 5.81. The van der Waals surface area contributed by atoms with E-state index in [1.165, 1.54) is 21.3 Å². The summed E-state index contributed by atoms with van der Waals surface area (Å²) in [5, 5.41) is 21.6. The van der Waals surface area contributed by atoms with E-state index in [1.54, 1.807) is 18.2 Å². The summed E-state index contributed by atoms with van der Waals surface area (Å²) in [6.45, 7) is 3.84. The molecule has 0 fully saturated rings. The summed E-state index contributed by atoms with van der Waals surface area (Å²) in [6, 6.07) is 25.7. The fourth-order valence-electron chi connectivity index (χ4n) is 4.17. The van der Waals surface area contributed by atoms with E-state index in [1.807, 2.05) is 74.5 Å². The molecule has 0 spiro atoms. The van der Waals surface area contributed by atoms with Gasteiger partial charge in [-0.3, -0.25) is 4.90 Å². The van der Waals surface area contributed by atoms with Gasteiger partial charge in [-0.05, 0) is 35.6 Å². The first-order valence-electron chi connectivity index (χ1n) is 12.0. The maximum Gasteiger partial charge on any atom is 0.407 e. The van der Waals surface area contributed by atoms with Crippen LogP contribution in [0.2, 0.25) is 0 Å². The van der Waals surface area contributed by atoms with Crippen molar-refractivity contribution in [1.29, 1.82) is 0 Å². The van der Waals surface area contributed by atoms with E-state index in [4.69, 9.17) is 0 Å². The first kappa shape index (κ1) is 27.4. The Morgan fingerprint density at radius 3 is 1.81 bits per heavy atom. The molecule has 1 amide bonds. The molecule has 0 saturated carbocycles. The second-order valence-electron chi connectivity index (χ2n) is 9.25.